The van der Waals surface area contributed by atoms with Crippen LogP contribution in [0.4, 0.5) is 4.79 Å². The number of aliphatic hydroxyl groups excluding tert-OH is 1. The number of carbonyl (C=O) groups excluding carboxylic acids is 1. The van der Waals surface area contributed by atoms with Gasteiger partial charge in [-0.2, -0.15) is 0 Å². The zero-order valence-electron chi connectivity index (χ0n) is 7.32. The quantitative estimate of drug-likeness (QED) is 0.530. The summed E-state index contributed by atoms with van der Waals surface area (Å²) in [5, 5.41) is 8.37. The number of likely N-dealkylation sites (N-methyl/N-ethyl adjacent to an activating group) is 1. The van der Waals surface area contributed by atoms with Crippen molar-refractivity contribution in [2.45, 2.75) is 6.92 Å². The van der Waals surface area contributed by atoms with Crippen LogP contribution in [0.5, 0.6) is 0 Å². The molecule has 0 aromatic rings. The highest BCUT2D eigenvalue weighted by molar-refractivity contribution is 5.71. The van der Waals surface area contributed by atoms with Gasteiger partial charge in [-0.1, -0.05) is 0 Å². The minimum atomic E-state index is -0.440. The highest BCUT2D eigenvalue weighted by Crippen LogP contribution is 1.86. The number of nitrogens with two attached hydrogens (primary N) is 1. The standard InChI is InChI=1S/C7H16N2O3/c1-2-9(7(8)11)3-5-12-6-4-10/h10H,2-6H2,1H3,(H2,8,11). The molecule has 0 bridgehead atoms. The molecule has 0 fully saturated rings. The van der Waals surface area contributed by atoms with Gasteiger partial charge in [-0.05, 0) is 6.92 Å². The number of urea groups is 1. The van der Waals surface area contributed by atoms with Crippen LogP contribution in [-0.4, -0.2) is 48.9 Å². The van der Waals surface area contributed by atoms with Gasteiger partial charge in [-0.25, -0.2) is 4.79 Å². The third-order valence-corrected chi connectivity index (χ3v) is 1.43. The van der Waals surface area contributed by atoms with E-state index in [0.717, 1.165) is 0 Å². The summed E-state index contributed by atoms with van der Waals surface area (Å²) in [4.78, 5) is 12.1. The number of carbonyl (C=O) groups is 1. The SMILES string of the molecule is CCN(CCOCCO)C(N)=O. The number of primary amides is 1. The van der Waals surface area contributed by atoms with Gasteiger partial charge in [0.15, 0.2) is 0 Å². The van der Waals surface area contributed by atoms with Crippen LogP contribution in [0.25, 0.3) is 0 Å². The molecule has 0 rings (SSSR count). The number of hydrogen-bond acceptors (Lipinski definition) is 3. The van der Waals surface area contributed by atoms with Crippen LogP contribution in [0.3, 0.4) is 0 Å². The first-order valence-corrected chi connectivity index (χ1v) is 3.95. The number of nitrogens with zero attached hydrogens (tertiary/aromatic N) is 1. The third kappa shape index (κ3) is 4.92. The molecule has 0 aliphatic carbocycles. The summed E-state index contributed by atoms with van der Waals surface area (Å²) in [7, 11) is 0. The molecule has 0 unspecified atom stereocenters. The van der Waals surface area contributed by atoms with E-state index in [1.807, 2.05) is 6.92 Å². The summed E-state index contributed by atoms with van der Waals surface area (Å²) in [5.74, 6) is 0. The molecule has 0 radical (unpaired) electrons. The number of ether oxygens (including phenoxy) is 1. The fraction of sp³-hybridized carbons (Fsp3) is 0.857. The molecular formula is C7H16N2O3. The Morgan fingerprint density at radius 3 is 2.67 bits per heavy atom. The first-order chi connectivity index (χ1) is 5.72. The van der Waals surface area contributed by atoms with Gasteiger partial charge >= 0.3 is 6.03 Å². The maximum Gasteiger partial charge on any atom is 0.314 e. The lowest BCUT2D eigenvalue weighted by Crippen LogP contribution is -2.37. The highest BCUT2D eigenvalue weighted by Gasteiger charge is 2.04. The average Bonchev–Trinajstić information content (AvgIpc) is 2.04. The maximum absolute atomic E-state index is 10.6. The zero-order chi connectivity index (χ0) is 9.40. The Hall–Kier alpha value is -0.810. The van der Waals surface area contributed by atoms with E-state index in [0.29, 0.717) is 26.3 Å². The second kappa shape index (κ2) is 6.87. The van der Waals surface area contributed by atoms with E-state index in [-0.39, 0.29) is 6.61 Å². The van der Waals surface area contributed by atoms with Crippen molar-refractivity contribution in [1.29, 1.82) is 0 Å². The molecule has 2 amide bonds. The van der Waals surface area contributed by atoms with Gasteiger partial charge in [0.05, 0.1) is 19.8 Å². The Labute approximate surface area is 72.1 Å². The van der Waals surface area contributed by atoms with Gasteiger partial charge in [0.2, 0.25) is 0 Å². The fourth-order valence-electron chi connectivity index (χ4n) is 0.765. The minimum Gasteiger partial charge on any atom is -0.394 e. The number of hydrogen-bond donors (Lipinski definition) is 2. The molecule has 12 heavy (non-hydrogen) atoms. The first-order valence-electron chi connectivity index (χ1n) is 3.95. The second-order valence-electron chi connectivity index (χ2n) is 2.25. The van der Waals surface area contributed by atoms with Crippen LogP contribution in [0, 0.1) is 0 Å². The summed E-state index contributed by atoms with van der Waals surface area (Å²) in [6, 6.07) is -0.440. The molecule has 0 saturated carbocycles. The minimum absolute atomic E-state index is 0.00268. The van der Waals surface area contributed by atoms with Crippen LogP contribution in [0.15, 0.2) is 0 Å². The predicted octanol–water partition coefficient (Wildman–Crippen LogP) is -0.604. The van der Waals surface area contributed by atoms with E-state index in [1.165, 1.54) is 4.90 Å². The normalized spacial score (nSPS) is 9.83. The molecule has 5 nitrogen and oxygen atoms in total. The molecule has 0 heterocycles. The summed E-state index contributed by atoms with van der Waals surface area (Å²) < 4.78 is 4.97. The largest absolute Gasteiger partial charge is 0.394 e. The van der Waals surface area contributed by atoms with Crippen molar-refractivity contribution in [1.82, 2.24) is 4.90 Å². The first kappa shape index (κ1) is 11.2. The van der Waals surface area contributed by atoms with Crippen LogP contribution in [0.1, 0.15) is 6.92 Å². The van der Waals surface area contributed by atoms with Gasteiger partial charge in [-0.3, -0.25) is 0 Å². The van der Waals surface area contributed by atoms with Gasteiger partial charge in [0.1, 0.15) is 0 Å². The summed E-state index contributed by atoms with van der Waals surface area (Å²) in [6.07, 6.45) is 0. The third-order valence-electron chi connectivity index (χ3n) is 1.43. The van der Waals surface area contributed by atoms with Gasteiger partial charge in [0, 0.05) is 13.1 Å². The van der Waals surface area contributed by atoms with Crippen LogP contribution in [0.2, 0.25) is 0 Å². The van der Waals surface area contributed by atoms with E-state index in [2.05, 4.69) is 0 Å². The van der Waals surface area contributed by atoms with Gasteiger partial charge < -0.3 is 20.5 Å². The van der Waals surface area contributed by atoms with E-state index >= 15 is 0 Å². The number of aliphatic hydroxyl groups is 1. The monoisotopic (exact) mass is 176 g/mol. The topological polar surface area (TPSA) is 75.8 Å². The van der Waals surface area contributed by atoms with Crippen LogP contribution >= 0.6 is 0 Å². The molecular weight excluding hydrogens is 160 g/mol. The van der Waals surface area contributed by atoms with Crippen molar-refractivity contribution in [2.75, 3.05) is 32.9 Å². The lowest BCUT2D eigenvalue weighted by atomic mass is 10.5. The summed E-state index contributed by atoms with van der Waals surface area (Å²) in [6.45, 7) is 3.62. The Morgan fingerprint density at radius 2 is 2.25 bits per heavy atom. The van der Waals surface area contributed by atoms with E-state index in [9.17, 15) is 4.79 Å². The van der Waals surface area contributed by atoms with Crippen LogP contribution in [-0.2, 0) is 4.74 Å². The Balaban J connectivity index is 3.38. The predicted molar refractivity (Wildman–Crippen MR) is 44.7 cm³/mol. The Morgan fingerprint density at radius 1 is 1.58 bits per heavy atom. The number of amides is 2. The molecule has 0 aromatic heterocycles. The van der Waals surface area contributed by atoms with Crippen molar-refractivity contribution in [3.05, 3.63) is 0 Å². The second-order valence-corrected chi connectivity index (χ2v) is 2.25. The summed E-state index contributed by atoms with van der Waals surface area (Å²) in [5.41, 5.74) is 5.04. The zero-order valence-corrected chi connectivity index (χ0v) is 7.32. The van der Waals surface area contributed by atoms with E-state index < -0.39 is 6.03 Å². The fourth-order valence-corrected chi connectivity index (χ4v) is 0.765. The number of rotatable bonds is 6. The van der Waals surface area contributed by atoms with Crippen molar-refractivity contribution >= 4 is 6.03 Å². The molecule has 0 spiro atoms. The lowest BCUT2D eigenvalue weighted by Gasteiger charge is -2.17. The Kier molecular flexibility index (Phi) is 6.41. The molecule has 3 N–H and O–H groups in total. The van der Waals surface area contributed by atoms with E-state index in [4.69, 9.17) is 15.6 Å². The van der Waals surface area contributed by atoms with Gasteiger partial charge in [-0.15, -0.1) is 0 Å². The molecule has 0 saturated heterocycles. The molecule has 0 atom stereocenters. The highest BCUT2D eigenvalue weighted by atomic mass is 16.5. The smallest absolute Gasteiger partial charge is 0.314 e. The van der Waals surface area contributed by atoms with Crippen molar-refractivity contribution in [3.63, 3.8) is 0 Å². The van der Waals surface area contributed by atoms with Crippen molar-refractivity contribution in [3.8, 4) is 0 Å². The van der Waals surface area contributed by atoms with Gasteiger partial charge in [0.25, 0.3) is 0 Å². The van der Waals surface area contributed by atoms with Crippen LogP contribution < -0.4 is 5.73 Å². The lowest BCUT2D eigenvalue weighted by molar-refractivity contribution is 0.0803. The molecule has 0 aliphatic rings. The molecule has 72 valence electrons. The van der Waals surface area contributed by atoms with Crippen molar-refractivity contribution < 1.29 is 14.6 Å². The van der Waals surface area contributed by atoms with E-state index in [1.54, 1.807) is 0 Å². The average molecular weight is 176 g/mol. The molecule has 0 aliphatic heterocycles. The Bertz CT molecular complexity index is 130. The molecule has 0 aromatic carbocycles. The summed E-state index contributed by atoms with van der Waals surface area (Å²) >= 11 is 0. The maximum atomic E-state index is 10.6. The molecule has 5 heteroatoms. The van der Waals surface area contributed by atoms with Crippen molar-refractivity contribution in [2.24, 2.45) is 5.73 Å².